The Morgan fingerprint density at radius 1 is 1.19 bits per heavy atom. The van der Waals surface area contributed by atoms with Crippen molar-refractivity contribution in [3.8, 4) is 5.69 Å². The van der Waals surface area contributed by atoms with Gasteiger partial charge in [-0.1, -0.05) is 18.2 Å². The summed E-state index contributed by atoms with van der Waals surface area (Å²) in [5.41, 5.74) is 7.33. The molecule has 0 fully saturated rings. The summed E-state index contributed by atoms with van der Waals surface area (Å²) in [5.74, 6) is -0.129. The molecule has 8 heteroatoms. The Balaban J connectivity index is 1.48. The van der Waals surface area contributed by atoms with Crippen LogP contribution in [0, 0.1) is 0 Å². The van der Waals surface area contributed by atoms with E-state index in [9.17, 15) is 9.59 Å². The quantitative estimate of drug-likeness (QED) is 0.556. The minimum atomic E-state index is -0.640. The number of carbonyl (C=O) groups is 2. The van der Waals surface area contributed by atoms with Gasteiger partial charge in [0.05, 0.1) is 18.2 Å². The van der Waals surface area contributed by atoms with E-state index in [1.807, 2.05) is 54.0 Å². The number of thiophene rings is 1. The largest absolute Gasteiger partial charge is 0.356 e. The average molecular weight is 383 g/mol. The van der Waals surface area contributed by atoms with Crippen molar-refractivity contribution < 1.29 is 9.59 Å². The second-order valence-corrected chi connectivity index (χ2v) is 6.98. The van der Waals surface area contributed by atoms with Crippen LogP contribution in [0.25, 0.3) is 5.69 Å². The Kier molecular flexibility index (Phi) is 6.22. The lowest BCUT2D eigenvalue weighted by molar-refractivity contribution is -0.121. The number of nitrogens with zero attached hydrogens (tertiary/aromatic N) is 2. The molecule has 0 saturated heterocycles. The van der Waals surface area contributed by atoms with Gasteiger partial charge in [0.25, 0.3) is 0 Å². The fourth-order valence-corrected chi connectivity index (χ4v) is 3.50. The van der Waals surface area contributed by atoms with Gasteiger partial charge in [-0.05, 0) is 41.6 Å². The lowest BCUT2D eigenvalue weighted by Crippen LogP contribution is -2.36. The minimum Gasteiger partial charge on any atom is -0.356 e. The van der Waals surface area contributed by atoms with Crippen LogP contribution in [0.1, 0.15) is 22.9 Å². The molecule has 0 aliphatic rings. The predicted molar refractivity (Wildman–Crippen MR) is 105 cm³/mol. The topological polar surface area (TPSA) is 102 Å². The maximum Gasteiger partial charge on any atom is 0.312 e. The summed E-state index contributed by atoms with van der Waals surface area (Å²) in [7, 11) is 0. The molecule has 0 aliphatic carbocycles. The van der Waals surface area contributed by atoms with Crippen molar-refractivity contribution in [3.05, 3.63) is 70.7 Å². The molecule has 4 N–H and O–H groups in total. The van der Waals surface area contributed by atoms with Gasteiger partial charge in [-0.25, -0.2) is 9.48 Å². The van der Waals surface area contributed by atoms with Crippen LogP contribution < -0.4 is 16.4 Å². The molecule has 7 nitrogen and oxygen atoms in total. The van der Waals surface area contributed by atoms with Crippen LogP contribution in [0.15, 0.2) is 60.2 Å². The van der Waals surface area contributed by atoms with Gasteiger partial charge in [0, 0.05) is 23.8 Å². The van der Waals surface area contributed by atoms with E-state index in [4.69, 9.17) is 5.73 Å². The van der Waals surface area contributed by atoms with Crippen LogP contribution >= 0.6 is 11.3 Å². The molecule has 0 bridgehead atoms. The third kappa shape index (κ3) is 5.42. The fraction of sp³-hybridized carbons (Fsp3) is 0.211. The molecule has 140 valence electrons. The number of urea groups is 1. The highest BCUT2D eigenvalue weighted by molar-refractivity contribution is 7.10. The molecule has 1 aromatic carbocycles. The summed E-state index contributed by atoms with van der Waals surface area (Å²) in [6, 6.07) is 12.6. The van der Waals surface area contributed by atoms with Crippen molar-refractivity contribution in [2.24, 2.45) is 5.73 Å². The molecule has 1 unspecified atom stereocenters. The zero-order valence-corrected chi connectivity index (χ0v) is 15.5. The van der Waals surface area contributed by atoms with E-state index in [0.717, 1.165) is 22.5 Å². The lowest BCUT2D eigenvalue weighted by atomic mass is 10.1. The van der Waals surface area contributed by atoms with Gasteiger partial charge >= 0.3 is 6.03 Å². The molecular formula is C19H21N5O2S. The predicted octanol–water partition coefficient (Wildman–Crippen LogP) is 2.39. The van der Waals surface area contributed by atoms with E-state index in [1.54, 1.807) is 10.9 Å². The Bertz CT molecular complexity index is 860. The van der Waals surface area contributed by atoms with E-state index < -0.39 is 12.1 Å². The Morgan fingerprint density at radius 3 is 2.63 bits per heavy atom. The highest BCUT2D eigenvalue weighted by atomic mass is 32.1. The number of aromatic nitrogens is 2. The molecule has 27 heavy (non-hydrogen) atoms. The lowest BCUT2D eigenvalue weighted by Gasteiger charge is -2.16. The molecule has 2 heterocycles. The number of amides is 3. The number of benzene rings is 1. The van der Waals surface area contributed by atoms with Gasteiger partial charge in [0.15, 0.2) is 0 Å². The van der Waals surface area contributed by atoms with Crippen LogP contribution in [0.2, 0.25) is 0 Å². The van der Waals surface area contributed by atoms with Crippen molar-refractivity contribution in [2.45, 2.75) is 18.9 Å². The maximum atomic E-state index is 12.2. The Labute approximate surface area is 161 Å². The van der Waals surface area contributed by atoms with Gasteiger partial charge < -0.3 is 16.4 Å². The third-order valence-corrected chi connectivity index (χ3v) is 5.02. The molecule has 0 spiro atoms. The monoisotopic (exact) mass is 383 g/mol. The summed E-state index contributed by atoms with van der Waals surface area (Å²) in [6.07, 6.45) is 4.50. The van der Waals surface area contributed by atoms with Crippen LogP contribution in [-0.4, -0.2) is 28.3 Å². The van der Waals surface area contributed by atoms with E-state index >= 15 is 0 Å². The highest BCUT2D eigenvalue weighted by Gasteiger charge is 2.18. The number of hydrogen-bond donors (Lipinski definition) is 3. The van der Waals surface area contributed by atoms with Gasteiger partial charge in [0.1, 0.15) is 0 Å². The van der Waals surface area contributed by atoms with E-state index in [-0.39, 0.29) is 12.3 Å². The summed E-state index contributed by atoms with van der Waals surface area (Å²) in [5, 5.41) is 11.6. The summed E-state index contributed by atoms with van der Waals surface area (Å²) < 4.78 is 1.79. The summed E-state index contributed by atoms with van der Waals surface area (Å²) in [4.78, 5) is 24.3. The Hall–Kier alpha value is -3.13. The van der Waals surface area contributed by atoms with Crippen LogP contribution in [0.4, 0.5) is 4.79 Å². The molecule has 2 aromatic heterocycles. The number of carbonyl (C=O) groups excluding carboxylic acids is 2. The van der Waals surface area contributed by atoms with Gasteiger partial charge in [-0.2, -0.15) is 5.10 Å². The minimum absolute atomic E-state index is 0.129. The van der Waals surface area contributed by atoms with Crippen molar-refractivity contribution in [2.75, 3.05) is 6.54 Å². The zero-order valence-electron chi connectivity index (χ0n) is 14.7. The molecule has 0 radical (unpaired) electrons. The third-order valence-electron chi connectivity index (χ3n) is 4.03. The molecule has 0 saturated carbocycles. The smallest absolute Gasteiger partial charge is 0.312 e. The second-order valence-electron chi connectivity index (χ2n) is 6.00. The maximum absolute atomic E-state index is 12.2. The number of nitrogens with two attached hydrogens (primary N) is 1. The van der Waals surface area contributed by atoms with Crippen molar-refractivity contribution in [1.29, 1.82) is 0 Å². The molecular weight excluding hydrogens is 362 g/mol. The first-order valence-electron chi connectivity index (χ1n) is 8.57. The van der Waals surface area contributed by atoms with Crippen molar-refractivity contribution in [1.82, 2.24) is 20.4 Å². The SMILES string of the molecule is NC(=O)NC(CC(=O)NCCc1ccc(-n2cccn2)cc1)c1cccs1. The Morgan fingerprint density at radius 2 is 2.00 bits per heavy atom. The number of primary amides is 1. The zero-order chi connectivity index (χ0) is 19.1. The van der Waals surface area contributed by atoms with Gasteiger partial charge in [0.2, 0.25) is 5.91 Å². The van der Waals surface area contributed by atoms with Gasteiger partial charge in [-0.15, -0.1) is 11.3 Å². The van der Waals surface area contributed by atoms with E-state index in [1.165, 1.54) is 11.3 Å². The first-order valence-corrected chi connectivity index (χ1v) is 9.45. The average Bonchev–Trinajstić information content (AvgIpc) is 3.35. The van der Waals surface area contributed by atoms with Crippen LogP contribution in [-0.2, 0) is 11.2 Å². The first-order chi connectivity index (χ1) is 13.1. The van der Waals surface area contributed by atoms with Crippen LogP contribution in [0.5, 0.6) is 0 Å². The number of hydrogen-bond acceptors (Lipinski definition) is 4. The first kappa shape index (κ1) is 18.7. The fourth-order valence-electron chi connectivity index (χ4n) is 2.72. The normalized spacial score (nSPS) is 11.7. The summed E-state index contributed by atoms with van der Waals surface area (Å²) >= 11 is 1.48. The van der Waals surface area contributed by atoms with Crippen LogP contribution in [0.3, 0.4) is 0 Å². The molecule has 3 amide bonds. The molecule has 3 aromatic rings. The highest BCUT2D eigenvalue weighted by Crippen LogP contribution is 2.21. The second kappa shape index (κ2) is 9.00. The van der Waals surface area contributed by atoms with Gasteiger partial charge in [-0.3, -0.25) is 4.79 Å². The standard InChI is InChI=1S/C19H21N5O2S/c20-19(26)23-16(17-3-1-12-27-17)13-18(25)21-10-8-14-4-6-15(7-5-14)24-11-2-9-22-24/h1-7,9,11-12,16H,8,10,13H2,(H,21,25)(H3,20,23,26). The molecule has 0 aliphatic heterocycles. The van der Waals surface area contributed by atoms with Crippen molar-refractivity contribution in [3.63, 3.8) is 0 Å². The number of nitrogens with one attached hydrogen (secondary N) is 2. The van der Waals surface area contributed by atoms with Crippen molar-refractivity contribution >= 4 is 23.3 Å². The summed E-state index contributed by atoms with van der Waals surface area (Å²) in [6.45, 7) is 0.522. The van der Waals surface area contributed by atoms with E-state index in [2.05, 4.69) is 15.7 Å². The van der Waals surface area contributed by atoms with E-state index in [0.29, 0.717) is 6.54 Å². The number of rotatable bonds is 8. The molecule has 1 atom stereocenters. The molecule has 3 rings (SSSR count).